The molecule has 146 valence electrons. The van der Waals surface area contributed by atoms with E-state index >= 15 is 0 Å². The largest absolute Gasteiger partial charge is 0.404 e. The van der Waals surface area contributed by atoms with Crippen LogP contribution in [0.15, 0.2) is 0 Å². The molecule has 8 heteroatoms. The van der Waals surface area contributed by atoms with E-state index < -0.39 is 30.0 Å². The standard InChI is InChI=1S/C17H26F6N2/c1-10(24-9-11-8-12(11)14(24)17(21,22)23)4-6-15(2,3)25-7-5-13(25)16(18,19)20/h10-14H,4-9H2,1-3H3. The second kappa shape index (κ2) is 6.01. The highest BCUT2D eigenvalue weighted by Gasteiger charge is 2.63. The van der Waals surface area contributed by atoms with Crippen molar-refractivity contribution in [2.75, 3.05) is 13.1 Å². The summed E-state index contributed by atoms with van der Waals surface area (Å²) in [5.41, 5.74) is -0.664. The highest BCUT2D eigenvalue weighted by molar-refractivity contribution is 5.08. The average molecular weight is 372 g/mol. The Kier molecular flexibility index (Phi) is 4.63. The Labute approximate surface area is 144 Å². The van der Waals surface area contributed by atoms with Gasteiger partial charge in [-0.25, -0.2) is 0 Å². The third kappa shape index (κ3) is 3.66. The lowest BCUT2D eigenvalue weighted by Gasteiger charge is -2.51. The van der Waals surface area contributed by atoms with E-state index in [9.17, 15) is 26.3 Å². The lowest BCUT2D eigenvalue weighted by atomic mass is 9.86. The highest BCUT2D eigenvalue weighted by Crippen LogP contribution is 2.55. The van der Waals surface area contributed by atoms with Crippen molar-refractivity contribution in [1.82, 2.24) is 9.80 Å². The van der Waals surface area contributed by atoms with E-state index in [1.165, 1.54) is 9.80 Å². The Morgan fingerprint density at radius 2 is 1.68 bits per heavy atom. The van der Waals surface area contributed by atoms with Crippen LogP contribution < -0.4 is 0 Å². The molecule has 25 heavy (non-hydrogen) atoms. The van der Waals surface area contributed by atoms with Gasteiger partial charge >= 0.3 is 12.4 Å². The quantitative estimate of drug-likeness (QED) is 0.658. The third-order valence-electron chi connectivity index (χ3n) is 6.44. The third-order valence-corrected chi connectivity index (χ3v) is 6.44. The van der Waals surface area contributed by atoms with Gasteiger partial charge in [0.2, 0.25) is 0 Å². The molecule has 0 N–H and O–H groups in total. The van der Waals surface area contributed by atoms with E-state index in [1.807, 2.05) is 0 Å². The van der Waals surface area contributed by atoms with Crippen LogP contribution in [0.4, 0.5) is 26.3 Å². The van der Waals surface area contributed by atoms with Gasteiger partial charge in [-0.15, -0.1) is 0 Å². The summed E-state index contributed by atoms with van der Waals surface area (Å²) < 4.78 is 78.9. The number of nitrogens with zero attached hydrogens (tertiary/aromatic N) is 2. The van der Waals surface area contributed by atoms with Crippen LogP contribution in [-0.4, -0.2) is 58.9 Å². The van der Waals surface area contributed by atoms with Gasteiger partial charge in [0.25, 0.3) is 0 Å². The fraction of sp³-hybridized carbons (Fsp3) is 1.00. The van der Waals surface area contributed by atoms with Crippen molar-refractivity contribution < 1.29 is 26.3 Å². The lowest BCUT2D eigenvalue weighted by molar-refractivity contribution is -0.229. The maximum absolute atomic E-state index is 13.3. The van der Waals surface area contributed by atoms with Crippen LogP contribution in [0, 0.1) is 11.8 Å². The van der Waals surface area contributed by atoms with Crippen molar-refractivity contribution in [3.63, 3.8) is 0 Å². The zero-order valence-corrected chi connectivity index (χ0v) is 14.8. The van der Waals surface area contributed by atoms with Gasteiger partial charge in [0.1, 0.15) is 12.1 Å². The van der Waals surface area contributed by atoms with Gasteiger partial charge in [0.15, 0.2) is 0 Å². The molecule has 0 bridgehead atoms. The molecule has 2 heterocycles. The summed E-state index contributed by atoms with van der Waals surface area (Å²) in [4.78, 5) is 2.98. The minimum absolute atomic E-state index is 0.105. The zero-order valence-electron chi connectivity index (χ0n) is 14.8. The molecule has 0 aromatic rings. The van der Waals surface area contributed by atoms with Gasteiger partial charge in [0, 0.05) is 24.7 Å². The van der Waals surface area contributed by atoms with E-state index in [4.69, 9.17) is 0 Å². The van der Waals surface area contributed by atoms with Crippen molar-refractivity contribution >= 4 is 0 Å². The molecule has 5 atom stereocenters. The summed E-state index contributed by atoms with van der Waals surface area (Å²) in [5.74, 6) is -0.132. The smallest absolute Gasteiger partial charge is 0.289 e. The number of fused-ring (bicyclic) bond motifs is 1. The molecule has 0 aromatic heterocycles. The maximum Gasteiger partial charge on any atom is 0.404 e. The fourth-order valence-corrected chi connectivity index (χ4v) is 4.71. The summed E-state index contributed by atoms with van der Waals surface area (Å²) >= 11 is 0. The van der Waals surface area contributed by atoms with Crippen molar-refractivity contribution in [2.45, 2.75) is 82.5 Å². The number of hydrogen-bond donors (Lipinski definition) is 0. The molecule has 0 radical (unpaired) electrons. The first-order valence-electron chi connectivity index (χ1n) is 8.98. The van der Waals surface area contributed by atoms with E-state index in [0.29, 0.717) is 32.4 Å². The summed E-state index contributed by atoms with van der Waals surface area (Å²) in [6.45, 7) is 6.16. The van der Waals surface area contributed by atoms with E-state index in [0.717, 1.165) is 0 Å². The van der Waals surface area contributed by atoms with Gasteiger partial charge in [-0.3, -0.25) is 9.80 Å². The number of likely N-dealkylation sites (tertiary alicyclic amines) is 2. The van der Waals surface area contributed by atoms with E-state index in [1.54, 1.807) is 20.8 Å². The monoisotopic (exact) mass is 372 g/mol. The van der Waals surface area contributed by atoms with Crippen molar-refractivity contribution in [2.24, 2.45) is 11.8 Å². The average Bonchev–Trinajstić information content (AvgIpc) is 3.00. The van der Waals surface area contributed by atoms with Gasteiger partial charge in [0.05, 0.1) is 0 Å². The number of rotatable bonds is 5. The minimum Gasteiger partial charge on any atom is -0.289 e. The molecule has 0 spiro atoms. The van der Waals surface area contributed by atoms with Crippen LogP contribution >= 0.6 is 0 Å². The Bertz CT molecular complexity index is 500. The Balaban J connectivity index is 1.58. The summed E-state index contributed by atoms with van der Waals surface area (Å²) in [7, 11) is 0. The predicted molar refractivity (Wildman–Crippen MR) is 82.1 cm³/mol. The molecule has 2 saturated heterocycles. The van der Waals surface area contributed by atoms with Crippen molar-refractivity contribution in [3.05, 3.63) is 0 Å². The number of alkyl halides is 6. The number of piperidine rings is 1. The van der Waals surface area contributed by atoms with E-state index in [2.05, 4.69) is 0 Å². The summed E-state index contributed by atoms with van der Waals surface area (Å²) in [6, 6.07) is -3.06. The first-order valence-corrected chi connectivity index (χ1v) is 8.98. The highest BCUT2D eigenvalue weighted by atomic mass is 19.4. The molecule has 0 amide bonds. The van der Waals surface area contributed by atoms with Crippen LogP contribution in [0.5, 0.6) is 0 Å². The molecular weight excluding hydrogens is 346 g/mol. The molecule has 3 aliphatic rings. The van der Waals surface area contributed by atoms with Crippen LogP contribution in [0.2, 0.25) is 0 Å². The Morgan fingerprint density at radius 3 is 2.16 bits per heavy atom. The normalized spacial score (nSPS) is 35.4. The zero-order chi connectivity index (χ0) is 18.8. The first kappa shape index (κ1) is 19.3. The lowest BCUT2D eigenvalue weighted by Crippen LogP contribution is -2.63. The Morgan fingerprint density at radius 1 is 1.04 bits per heavy atom. The molecule has 2 nitrogen and oxygen atoms in total. The summed E-state index contributed by atoms with van der Waals surface area (Å²) in [5, 5.41) is 0. The first-order chi connectivity index (χ1) is 11.3. The number of hydrogen-bond acceptors (Lipinski definition) is 2. The molecule has 0 aromatic carbocycles. The van der Waals surface area contributed by atoms with E-state index in [-0.39, 0.29) is 24.3 Å². The maximum atomic E-state index is 13.3. The SMILES string of the molecule is CC(CCC(C)(C)N1CCC1C(F)(F)F)N1CC2CC2C1C(F)(F)F. The molecule has 3 fully saturated rings. The van der Waals surface area contributed by atoms with Crippen LogP contribution in [0.1, 0.15) is 46.5 Å². The molecule has 5 unspecified atom stereocenters. The molecule has 1 aliphatic carbocycles. The van der Waals surface area contributed by atoms with Crippen LogP contribution in [-0.2, 0) is 0 Å². The molecule has 1 saturated carbocycles. The van der Waals surface area contributed by atoms with Crippen molar-refractivity contribution in [3.8, 4) is 0 Å². The molecular formula is C17H26F6N2. The Hall–Kier alpha value is -0.500. The minimum atomic E-state index is -4.24. The van der Waals surface area contributed by atoms with Gasteiger partial charge < -0.3 is 0 Å². The molecule has 2 aliphatic heterocycles. The number of halogens is 6. The second-order valence-corrected chi connectivity index (χ2v) is 8.58. The van der Waals surface area contributed by atoms with Crippen LogP contribution in [0.25, 0.3) is 0 Å². The second-order valence-electron chi connectivity index (χ2n) is 8.58. The van der Waals surface area contributed by atoms with Gasteiger partial charge in [-0.1, -0.05) is 0 Å². The van der Waals surface area contributed by atoms with Gasteiger partial charge in [-0.05, 0) is 58.3 Å². The molecule has 3 rings (SSSR count). The fourth-order valence-electron chi connectivity index (χ4n) is 4.71. The topological polar surface area (TPSA) is 6.48 Å². The predicted octanol–water partition coefficient (Wildman–Crippen LogP) is 4.45. The summed E-state index contributed by atoms with van der Waals surface area (Å²) in [6.07, 6.45) is -6.78. The van der Waals surface area contributed by atoms with Crippen molar-refractivity contribution in [1.29, 1.82) is 0 Å². The van der Waals surface area contributed by atoms with Gasteiger partial charge in [-0.2, -0.15) is 26.3 Å². The van der Waals surface area contributed by atoms with Crippen LogP contribution in [0.3, 0.4) is 0 Å².